The largest absolute Gasteiger partial charge is 0.329 e. The third kappa shape index (κ3) is 2.37. The van der Waals surface area contributed by atoms with Crippen LogP contribution in [0, 0.1) is 18.3 Å². The van der Waals surface area contributed by atoms with Gasteiger partial charge in [0.05, 0.1) is 5.56 Å². The number of benzene rings is 1. The van der Waals surface area contributed by atoms with Crippen LogP contribution in [0.5, 0.6) is 0 Å². The van der Waals surface area contributed by atoms with E-state index in [9.17, 15) is 13.7 Å². The van der Waals surface area contributed by atoms with Crippen LogP contribution in [0.1, 0.15) is 24.0 Å². The number of hydrogen-bond donors (Lipinski definition) is 1. The van der Waals surface area contributed by atoms with Crippen molar-refractivity contribution in [1.82, 2.24) is 4.31 Å². The summed E-state index contributed by atoms with van der Waals surface area (Å²) in [5.41, 5.74) is 6.53. The molecule has 0 unspecified atom stereocenters. The Bertz CT molecular complexity index is 619. The fourth-order valence-electron chi connectivity index (χ4n) is 2.49. The number of nitrogens with zero attached hydrogens (tertiary/aromatic N) is 2. The van der Waals surface area contributed by atoms with Gasteiger partial charge in [-0.3, -0.25) is 0 Å². The predicted octanol–water partition coefficient (Wildman–Crippen LogP) is 0.979. The third-order valence-corrected chi connectivity index (χ3v) is 5.52. The molecule has 5 nitrogen and oxygen atoms in total. The van der Waals surface area contributed by atoms with E-state index < -0.39 is 10.0 Å². The maximum Gasteiger partial charge on any atom is 0.244 e. The molecule has 1 heterocycles. The molecule has 0 saturated carbocycles. The van der Waals surface area contributed by atoms with Crippen LogP contribution in [-0.4, -0.2) is 31.9 Å². The lowest BCUT2D eigenvalue weighted by Gasteiger charge is -2.23. The van der Waals surface area contributed by atoms with E-state index in [-0.39, 0.29) is 16.5 Å². The van der Waals surface area contributed by atoms with Gasteiger partial charge >= 0.3 is 0 Å². The summed E-state index contributed by atoms with van der Waals surface area (Å²) in [6, 6.07) is 6.73. The fraction of sp³-hybridized carbons (Fsp3) is 0.462. The van der Waals surface area contributed by atoms with Gasteiger partial charge in [0.15, 0.2) is 0 Å². The Morgan fingerprint density at radius 1 is 1.53 bits per heavy atom. The van der Waals surface area contributed by atoms with Crippen molar-refractivity contribution in [1.29, 1.82) is 5.26 Å². The maximum atomic E-state index is 12.7. The second-order valence-electron chi connectivity index (χ2n) is 4.71. The van der Waals surface area contributed by atoms with Crippen molar-refractivity contribution in [2.75, 3.05) is 13.1 Å². The molecule has 2 N–H and O–H groups in total. The summed E-state index contributed by atoms with van der Waals surface area (Å²) in [6.07, 6.45) is 1.60. The van der Waals surface area contributed by atoms with Gasteiger partial charge in [-0.1, -0.05) is 12.1 Å². The van der Waals surface area contributed by atoms with Gasteiger partial charge in [0.25, 0.3) is 0 Å². The van der Waals surface area contributed by atoms with E-state index in [1.165, 1.54) is 10.4 Å². The van der Waals surface area contributed by atoms with Crippen LogP contribution in [0.25, 0.3) is 0 Å². The van der Waals surface area contributed by atoms with E-state index in [4.69, 9.17) is 5.73 Å². The molecule has 1 aromatic carbocycles. The highest BCUT2D eigenvalue weighted by Crippen LogP contribution is 2.28. The first-order valence-corrected chi connectivity index (χ1v) is 7.68. The second kappa shape index (κ2) is 5.29. The number of rotatable bonds is 3. The Morgan fingerprint density at radius 2 is 2.26 bits per heavy atom. The van der Waals surface area contributed by atoms with Crippen molar-refractivity contribution < 1.29 is 8.42 Å². The molecule has 19 heavy (non-hydrogen) atoms. The van der Waals surface area contributed by atoms with Crippen molar-refractivity contribution in [3.8, 4) is 6.07 Å². The minimum atomic E-state index is -3.63. The van der Waals surface area contributed by atoms with Crippen LogP contribution in [-0.2, 0) is 10.0 Å². The summed E-state index contributed by atoms with van der Waals surface area (Å²) >= 11 is 0. The van der Waals surface area contributed by atoms with Crippen molar-refractivity contribution >= 4 is 10.0 Å². The van der Waals surface area contributed by atoms with E-state index in [2.05, 4.69) is 0 Å². The van der Waals surface area contributed by atoms with Crippen molar-refractivity contribution in [2.24, 2.45) is 5.73 Å². The molecule has 1 aliphatic heterocycles. The minimum absolute atomic E-state index is 0.0929. The first-order chi connectivity index (χ1) is 9.02. The number of nitrogens with two attached hydrogens (primary N) is 1. The normalized spacial score (nSPS) is 20.4. The molecule has 1 atom stereocenters. The zero-order valence-corrected chi connectivity index (χ0v) is 11.7. The third-order valence-electron chi connectivity index (χ3n) is 3.53. The van der Waals surface area contributed by atoms with E-state index >= 15 is 0 Å². The predicted molar refractivity (Wildman–Crippen MR) is 71.9 cm³/mol. The highest BCUT2D eigenvalue weighted by atomic mass is 32.2. The number of hydrogen-bond acceptors (Lipinski definition) is 4. The summed E-state index contributed by atoms with van der Waals surface area (Å²) in [7, 11) is -3.63. The zero-order valence-electron chi connectivity index (χ0n) is 10.8. The molecule has 0 radical (unpaired) electrons. The van der Waals surface area contributed by atoms with Gasteiger partial charge < -0.3 is 5.73 Å². The molecule has 1 aliphatic rings. The molecule has 2 rings (SSSR count). The summed E-state index contributed by atoms with van der Waals surface area (Å²) in [6.45, 7) is 2.53. The van der Waals surface area contributed by atoms with Crippen LogP contribution in [0.4, 0.5) is 0 Å². The van der Waals surface area contributed by atoms with Gasteiger partial charge in [-0.05, 0) is 31.4 Å². The van der Waals surface area contributed by atoms with Gasteiger partial charge in [0.2, 0.25) is 10.0 Å². The summed E-state index contributed by atoms with van der Waals surface area (Å²) in [4.78, 5) is 0.0929. The molecule has 0 aliphatic carbocycles. The number of aryl methyl sites for hydroxylation is 1. The van der Waals surface area contributed by atoms with Crippen molar-refractivity contribution in [3.63, 3.8) is 0 Å². The van der Waals surface area contributed by atoms with Gasteiger partial charge in [-0.25, -0.2) is 8.42 Å². The lowest BCUT2D eigenvalue weighted by Crippen LogP contribution is -2.40. The Hall–Kier alpha value is -1.42. The van der Waals surface area contributed by atoms with Crippen molar-refractivity contribution in [2.45, 2.75) is 30.7 Å². The average Bonchev–Trinajstić information content (AvgIpc) is 2.87. The fourth-order valence-corrected chi connectivity index (χ4v) is 4.41. The molecular weight excluding hydrogens is 262 g/mol. The Morgan fingerprint density at radius 3 is 2.89 bits per heavy atom. The summed E-state index contributed by atoms with van der Waals surface area (Å²) < 4.78 is 26.7. The second-order valence-corrected chi connectivity index (χ2v) is 6.57. The highest BCUT2D eigenvalue weighted by molar-refractivity contribution is 7.89. The highest BCUT2D eigenvalue weighted by Gasteiger charge is 2.35. The smallest absolute Gasteiger partial charge is 0.244 e. The minimum Gasteiger partial charge on any atom is -0.329 e. The van der Waals surface area contributed by atoms with Crippen LogP contribution in [0.2, 0.25) is 0 Å². The van der Waals surface area contributed by atoms with Gasteiger partial charge in [0, 0.05) is 19.1 Å². The van der Waals surface area contributed by atoms with E-state index in [1.54, 1.807) is 19.1 Å². The molecule has 6 heteroatoms. The Balaban J connectivity index is 2.52. The molecule has 0 aromatic heterocycles. The van der Waals surface area contributed by atoms with Crippen molar-refractivity contribution in [3.05, 3.63) is 29.3 Å². The van der Waals surface area contributed by atoms with E-state index in [0.717, 1.165) is 12.8 Å². The quantitative estimate of drug-likeness (QED) is 0.893. The molecular formula is C13H17N3O2S. The topological polar surface area (TPSA) is 87.2 Å². The van der Waals surface area contributed by atoms with Crippen LogP contribution < -0.4 is 5.73 Å². The maximum absolute atomic E-state index is 12.7. The molecule has 102 valence electrons. The summed E-state index contributed by atoms with van der Waals surface area (Å²) in [5.74, 6) is 0. The van der Waals surface area contributed by atoms with Gasteiger partial charge in [-0.2, -0.15) is 9.57 Å². The monoisotopic (exact) mass is 279 g/mol. The first-order valence-electron chi connectivity index (χ1n) is 6.24. The SMILES string of the molecule is Cc1cccc(S(=O)(=O)N2CCC[C@H]2CN)c1C#N. The van der Waals surface area contributed by atoms with Gasteiger partial charge in [-0.15, -0.1) is 0 Å². The zero-order chi connectivity index (χ0) is 14.0. The molecule has 0 spiro atoms. The van der Waals surface area contributed by atoms with Crippen LogP contribution in [0.3, 0.4) is 0 Å². The molecule has 1 fully saturated rings. The molecule has 0 amide bonds. The summed E-state index contributed by atoms with van der Waals surface area (Å²) in [5, 5.41) is 9.17. The Kier molecular flexibility index (Phi) is 3.90. The van der Waals surface area contributed by atoms with E-state index in [1.807, 2.05) is 6.07 Å². The number of sulfonamides is 1. The molecule has 1 saturated heterocycles. The van der Waals surface area contributed by atoms with Crippen LogP contribution in [0.15, 0.2) is 23.1 Å². The molecule has 0 bridgehead atoms. The lowest BCUT2D eigenvalue weighted by atomic mass is 10.1. The average molecular weight is 279 g/mol. The van der Waals surface area contributed by atoms with E-state index in [0.29, 0.717) is 18.7 Å². The van der Waals surface area contributed by atoms with Crippen LogP contribution >= 0.6 is 0 Å². The van der Waals surface area contributed by atoms with Gasteiger partial charge in [0.1, 0.15) is 11.0 Å². The standard InChI is InChI=1S/C13H17N3O2S/c1-10-4-2-6-13(12(10)9-15)19(17,18)16-7-3-5-11(16)8-14/h2,4,6,11H,3,5,7-8,14H2,1H3/t11-/m0/s1. The number of nitriles is 1. The Labute approximate surface area is 113 Å². The molecule has 1 aromatic rings. The first kappa shape index (κ1) is 14.0. The lowest BCUT2D eigenvalue weighted by molar-refractivity contribution is 0.393.